The third-order valence-electron chi connectivity index (χ3n) is 3.88. The Bertz CT molecular complexity index is 812. The van der Waals surface area contributed by atoms with E-state index in [-0.39, 0.29) is 5.91 Å². The fourth-order valence-corrected chi connectivity index (χ4v) is 2.84. The molecule has 0 aliphatic carbocycles. The van der Waals surface area contributed by atoms with Crippen LogP contribution in [0.2, 0.25) is 0 Å². The van der Waals surface area contributed by atoms with Gasteiger partial charge in [-0.1, -0.05) is 18.2 Å². The summed E-state index contributed by atoms with van der Waals surface area (Å²) in [7, 11) is 6.98. The van der Waals surface area contributed by atoms with Crippen molar-refractivity contribution >= 4 is 22.9 Å². The van der Waals surface area contributed by atoms with Crippen LogP contribution in [-0.4, -0.2) is 39.1 Å². The highest BCUT2D eigenvalue weighted by atomic mass is 16.5. The molecular weight excluding hydrogens is 304 g/mol. The van der Waals surface area contributed by atoms with Gasteiger partial charge in [0.25, 0.3) is 5.91 Å². The Morgan fingerprint density at radius 3 is 2.38 bits per heavy atom. The first-order valence-electron chi connectivity index (χ1n) is 7.61. The van der Waals surface area contributed by atoms with Gasteiger partial charge >= 0.3 is 0 Å². The highest BCUT2D eigenvalue weighted by molar-refractivity contribution is 6.34. The van der Waals surface area contributed by atoms with Crippen LogP contribution in [0.3, 0.4) is 0 Å². The van der Waals surface area contributed by atoms with Crippen molar-refractivity contribution in [3.05, 3.63) is 54.2 Å². The van der Waals surface area contributed by atoms with Crippen LogP contribution < -0.4 is 14.4 Å². The average molecular weight is 324 g/mol. The molecule has 1 heterocycles. The molecule has 0 N–H and O–H groups in total. The van der Waals surface area contributed by atoms with Gasteiger partial charge in [0, 0.05) is 31.9 Å². The number of amides is 1. The fraction of sp³-hybridized carbons (Fsp3) is 0.211. The zero-order valence-electron chi connectivity index (χ0n) is 14.2. The molecule has 0 radical (unpaired) electrons. The smallest absolute Gasteiger partial charge is 0.265 e. The van der Waals surface area contributed by atoms with E-state index >= 15 is 0 Å². The maximum Gasteiger partial charge on any atom is 0.265 e. The van der Waals surface area contributed by atoms with Crippen molar-refractivity contribution in [3.8, 4) is 11.5 Å². The van der Waals surface area contributed by atoms with Crippen LogP contribution in [0.25, 0.3) is 5.57 Å². The largest absolute Gasteiger partial charge is 0.493 e. The van der Waals surface area contributed by atoms with Crippen LogP contribution in [-0.2, 0) is 4.79 Å². The Balaban J connectivity index is 2.14. The summed E-state index contributed by atoms with van der Waals surface area (Å²) in [5, 5.41) is 0. The van der Waals surface area contributed by atoms with Crippen molar-refractivity contribution in [3.63, 3.8) is 0 Å². The second-order valence-corrected chi connectivity index (χ2v) is 5.70. The summed E-state index contributed by atoms with van der Waals surface area (Å²) in [4.78, 5) is 16.6. The summed E-state index contributed by atoms with van der Waals surface area (Å²) in [6, 6.07) is 13.2. The molecule has 2 aromatic carbocycles. The van der Waals surface area contributed by atoms with E-state index in [0.29, 0.717) is 17.1 Å². The van der Waals surface area contributed by atoms with Gasteiger partial charge in [-0.15, -0.1) is 0 Å². The van der Waals surface area contributed by atoms with E-state index in [4.69, 9.17) is 9.47 Å². The number of hydrogen-bond donors (Lipinski definition) is 0. The average Bonchev–Trinajstić information content (AvgIpc) is 2.86. The second-order valence-electron chi connectivity index (χ2n) is 5.70. The first kappa shape index (κ1) is 15.9. The number of ether oxygens (including phenoxy) is 2. The Morgan fingerprint density at radius 1 is 1.00 bits per heavy atom. The molecule has 3 rings (SSSR count). The minimum Gasteiger partial charge on any atom is -0.493 e. The summed E-state index contributed by atoms with van der Waals surface area (Å²) < 4.78 is 10.6. The summed E-state index contributed by atoms with van der Waals surface area (Å²) in [6.45, 7) is 0. The van der Waals surface area contributed by atoms with Gasteiger partial charge in [0.15, 0.2) is 11.5 Å². The zero-order valence-corrected chi connectivity index (χ0v) is 14.2. The molecule has 0 saturated heterocycles. The molecule has 5 heteroatoms. The topological polar surface area (TPSA) is 42.0 Å². The summed E-state index contributed by atoms with van der Waals surface area (Å²) in [6.07, 6.45) is 1.85. The second kappa shape index (κ2) is 6.28. The predicted octanol–water partition coefficient (Wildman–Crippen LogP) is 3.28. The first-order chi connectivity index (χ1) is 11.6. The van der Waals surface area contributed by atoms with E-state index in [0.717, 1.165) is 16.9 Å². The van der Waals surface area contributed by atoms with Crippen molar-refractivity contribution in [2.24, 2.45) is 0 Å². The number of para-hydroxylation sites is 1. The number of fused-ring (bicyclic) bond motifs is 1. The van der Waals surface area contributed by atoms with Crippen LogP contribution in [0, 0.1) is 0 Å². The Kier molecular flexibility index (Phi) is 4.16. The molecule has 1 amide bonds. The van der Waals surface area contributed by atoms with Gasteiger partial charge < -0.3 is 14.4 Å². The quantitative estimate of drug-likeness (QED) is 0.810. The van der Waals surface area contributed by atoms with E-state index in [2.05, 4.69) is 0 Å². The molecular formula is C19H20N2O3. The Hall–Kier alpha value is -2.95. The van der Waals surface area contributed by atoms with Crippen molar-refractivity contribution < 1.29 is 14.3 Å². The molecule has 5 nitrogen and oxygen atoms in total. The maximum atomic E-state index is 13.0. The third-order valence-corrected chi connectivity index (χ3v) is 3.88. The number of anilines is 2. The minimum atomic E-state index is -0.0582. The zero-order chi connectivity index (χ0) is 17.3. The van der Waals surface area contributed by atoms with Crippen LogP contribution in [0.15, 0.2) is 48.7 Å². The number of methoxy groups -OCH3 is 2. The summed E-state index contributed by atoms with van der Waals surface area (Å²) >= 11 is 0. The van der Waals surface area contributed by atoms with Crippen LogP contribution in [0.5, 0.6) is 11.5 Å². The first-order valence-corrected chi connectivity index (χ1v) is 7.61. The molecule has 1 aliphatic heterocycles. The lowest BCUT2D eigenvalue weighted by molar-refractivity contribution is -0.112. The van der Waals surface area contributed by atoms with Crippen molar-refractivity contribution in [2.75, 3.05) is 33.2 Å². The lowest BCUT2D eigenvalue weighted by atomic mass is 10.1. The van der Waals surface area contributed by atoms with Crippen LogP contribution in [0.1, 0.15) is 5.56 Å². The Labute approximate surface area is 141 Å². The van der Waals surface area contributed by atoms with Crippen LogP contribution >= 0.6 is 0 Å². The number of carbonyl (C=O) groups is 1. The fourth-order valence-electron chi connectivity index (χ4n) is 2.84. The molecule has 0 fully saturated rings. The minimum absolute atomic E-state index is 0.0582. The number of hydrogen-bond acceptors (Lipinski definition) is 4. The molecule has 0 saturated carbocycles. The van der Waals surface area contributed by atoms with Crippen molar-refractivity contribution in [1.82, 2.24) is 4.90 Å². The van der Waals surface area contributed by atoms with Gasteiger partial charge in [-0.3, -0.25) is 9.69 Å². The van der Waals surface area contributed by atoms with E-state index in [1.807, 2.05) is 61.6 Å². The monoisotopic (exact) mass is 324 g/mol. The lowest BCUT2D eigenvalue weighted by Gasteiger charge is -2.19. The molecule has 0 atom stereocenters. The molecule has 0 aromatic heterocycles. The highest BCUT2D eigenvalue weighted by Crippen LogP contribution is 2.43. The molecule has 0 unspecified atom stereocenters. The lowest BCUT2D eigenvalue weighted by Crippen LogP contribution is -2.21. The van der Waals surface area contributed by atoms with E-state index in [1.165, 1.54) is 0 Å². The number of rotatable bonds is 4. The van der Waals surface area contributed by atoms with Crippen molar-refractivity contribution in [1.29, 1.82) is 0 Å². The Morgan fingerprint density at radius 2 is 1.71 bits per heavy atom. The van der Waals surface area contributed by atoms with Crippen LogP contribution in [0.4, 0.5) is 11.4 Å². The molecule has 0 spiro atoms. The number of benzene rings is 2. The predicted molar refractivity (Wildman–Crippen MR) is 94.8 cm³/mol. The molecule has 0 bridgehead atoms. The normalized spacial score (nSPS) is 14.8. The van der Waals surface area contributed by atoms with Gasteiger partial charge in [-0.05, 0) is 18.2 Å². The molecule has 2 aromatic rings. The van der Waals surface area contributed by atoms with E-state index < -0.39 is 0 Å². The molecule has 1 aliphatic rings. The standard InChI is InChI=1S/C19H20N2O3/c1-20(2)12-15-14-7-5-6-8-16(14)21(19(15)22)13-9-10-17(23-3)18(11-13)24-4/h5-12H,1-4H3/b15-12-. The van der Waals surface area contributed by atoms with Crippen molar-refractivity contribution in [2.45, 2.75) is 0 Å². The van der Waals surface area contributed by atoms with Gasteiger partial charge in [-0.25, -0.2) is 0 Å². The molecule has 124 valence electrons. The summed E-state index contributed by atoms with van der Waals surface area (Å²) in [5.74, 6) is 1.16. The van der Waals surface area contributed by atoms with Gasteiger partial charge in [0.05, 0.1) is 31.2 Å². The molecule has 24 heavy (non-hydrogen) atoms. The van der Waals surface area contributed by atoms with E-state index in [1.54, 1.807) is 25.2 Å². The van der Waals surface area contributed by atoms with Gasteiger partial charge in [0.2, 0.25) is 0 Å². The highest BCUT2D eigenvalue weighted by Gasteiger charge is 2.33. The van der Waals surface area contributed by atoms with E-state index in [9.17, 15) is 4.79 Å². The third kappa shape index (κ3) is 2.58. The maximum absolute atomic E-state index is 13.0. The van der Waals surface area contributed by atoms with Gasteiger partial charge in [0.1, 0.15) is 0 Å². The SMILES string of the molecule is COc1ccc(N2C(=O)/C(=C\N(C)C)c3ccccc32)cc1OC. The summed E-state index contributed by atoms with van der Waals surface area (Å²) in [5.41, 5.74) is 3.20. The number of nitrogens with zero attached hydrogens (tertiary/aromatic N) is 2. The number of carbonyl (C=O) groups excluding carboxylic acids is 1. The van der Waals surface area contributed by atoms with Gasteiger partial charge in [-0.2, -0.15) is 0 Å².